The topological polar surface area (TPSA) is 47.0 Å². The van der Waals surface area contributed by atoms with E-state index in [1.54, 1.807) is 7.11 Å². The SMILES string of the molecule is CNc1nc2c(nc1CC1CCCCC1)-c1ccc(OC)cc1CC2. The van der Waals surface area contributed by atoms with Gasteiger partial charge in [-0.15, -0.1) is 0 Å². The zero-order valence-electron chi connectivity index (χ0n) is 15.3. The number of methoxy groups -OCH3 is 1. The van der Waals surface area contributed by atoms with Gasteiger partial charge >= 0.3 is 0 Å². The molecule has 0 bridgehead atoms. The highest BCUT2D eigenvalue weighted by Gasteiger charge is 2.23. The van der Waals surface area contributed by atoms with E-state index in [-0.39, 0.29) is 0 Å². The van der Waals surface area contributed by atoms with E-state index in [0.717, 1.165) is 53.8 Å². The van der Waals surface area contributed by atoms with E-state index in [1.807, 2.05) is 13.1 Å². The van der Waals surface area contributed by atoms with E-state index in [4.69, 9.17) is 14.7 Å². The molecule has 0 amide bonds. The lowest BCUT2D eigenvalue weighted by Gasteiger charge is -2.24. The Morgan fingerprint density at radius 3 is 2.72 bits per heavy atom. The summed E-state index contributed by atoms with van der Waals surface area (Å²) >= 11 is 0. The number of aryl methyl sites for hydroxylation is 2. The lowest BCUT2D eigenvalue weighted by molar-refractivity contribution is 0.354. The van der Waals surface area contributed by atoms with Crippen LogP contribution in [0, 0.1) is 5.92 Å². The lowest BCUT2D eigenvalue weighted by atomic mass is 9.85. The molecule has 2 aliphatic rings. The second kappa shape index (κ2) is 7.03. The summed E-state index contributed by atoms with van der Waals surface area (Å²) in [5, 5.41) is 3.28. The summed E-state index contributed by atoms with van der Waals surface area (Å²) in [7, 11) is 3.68. The zero-order chi connectivity index (χ0) is 17.2. The second-order valence-corrected chi connectivity index (χ2v) is 7.30. The summed E-state index contributed by atoms with van der Waals surface area (Å²) in [6, 6.07) is 6.32. The summed E-state index contributed by atoms with van der Waals surface area (Å²) in [5.41, 5.74) is 5.88. The van der Waals surface area contributed by atoms with Crippen molar-refractivity contribution in [2.75, 3.05) is 19.5 Å². The molecular formula is C21H27N3O. The average molecular weight is 337 g/mol. The first-order valence-corrected chi connectivity index (χ1v) is 9.53. The van der Waals surface area contributed by atoms with Gasteiger partial charge in [-0.25, -0.2) is 9.97 Å². The van der Waals surface area contributed by atoms with E-state index in [9.17, 15) is 0 Å². The van der Waals surface area contributed by atoms with Crippen LogP contribution in [-0.4, -0.2) is 24.1 Å². The van der Waals surface area contributed by atoms with Crippen LogP contribution in [0.1, 0.15) is 49.1 Å². The predicted octanol–water partition coefficient (Wildman–Crippen LogP) is 4.42. The summed E-state index contributed by atoms with van der Waals surface area (Å²) < 4.78 is 5.38. The molecule has 4 nitrogen and oxygen atoms in total. The Balaban J connectivity index is 1.71. The predicted molar refractivity (Wildman–Crippen MR) is 101 cm³/mol. The van der Waals surface area contributed by atoms with Crippen molar-refractivity contribution in [1.29, 1.82) is 0 Å². The fourth-order valence-electron chi connectivity index (χ4n) is 4.29. The quantitative estimate of drug-likeness (QED) is 0.897. The van der Waals surface area contributed by atoms with Gasteiger partial charge in [0.05, 0.1) is 24.2 Å². The molecule has 132 valence electrons. The maximum absolute atomic E-state index is 5.38. The van der Waals surface area contributed by atoms with Crippen molar-refractivity contribution in [1.82, 2.24) is 9.97 Å². The molecular weight excluding hydrogens is 310 g/mol. The highest BCUT2D eigenvalue weighted by Crippen LogP contribution is 2.36. The largest absolute Gasteiger partial charge is 0.497 e. The molecule has 0 atom stereocenters. The Bertz CT molecular complexity index is 766. The number of anilines is 1. The molecule has 1 N–H and O–H groups in total. The Kier molecular flexibility index (Phi) is 4.60. The average Bonchev–Trinajstić information content (AvgIpc) is 2.67. The highest BCUT2D eigenvalue weighted by atomic mass is 16.5. The smallest absolute Gasteiger partial charge is 0.147 e. The van der Waals surface area contributed by atoms with Gasteiger partial charge in [0, 0.05) is 12.6 Å². The first kappa shape index (κ1) is 16.4. The van der Waals surface area contributed by atoms with Crippen molar-refractivity contribution in [3.63, 3.8) is 0 Å². The standard InChI is InChI=1S/C21H27N3O/c1-22-21-19(12-14-6-4-3-5-7-14)23-20-17-10-9-16(25-2)13-15(17)8-11-18(20)24-21/h9-10,13-14H,3-8,11-12H2,1-2H3,(H,22,24). The molecule has 1 aromatic carbocycles. The molecule has 0 saturated heterocycles. The van der Waals surface area contributed by atoms with Gasteiger partial charge in [-0.1, -0.05) is 32.1 Å². The van der Waals surface area contributed by atoms with E-state index >= 15 is 0 Å². The van der Waals surface area contributed by atoms with Crippen LogP contribution >= 0.6 is 0 Å². The number of nitrogens with zero attached hydrogens (tertiary/aromatic N) is 2. The number of aromatic nitrogens is 2. The van der Waals surface area contributed by atoms with Crippen LogP contribution in [0.3, 0.4) is 0 Å². The number of nitrogens with one attached hydrogen (secondary N) is 1. The monoisotopic (exact) mass is 337 g/mol. The number of benzene rings is 1. The molecule has 4 heteroatoms. The maximum Gasteiger partial charge on any atom is 0.147 e. The molecule has 1 aromatic heterocycles. The van der Waals surface area contributed by atoms with Crippen LogP contribution in [0.2, 0.25) is 0 Å². The molecule has 4 rings (SSSR count). The minimum Gasteiger partial charge on any atom is -0.497 e. The van der Waals surface area contributed by atoms with Crippen LogP contribution in [0.25, 0.3) is 11.3 Å². The molecule has 1 fully saturated rings. The first-order valence-electron chi connectivity index (χ1n) is 9.53. The molecule has 0 unspecified atom stereocenters. The van der Waals surface area contributed by atoms with Gasteiger partial charge < -0.3 is 10.1 Å². The van der Waals surface area contributed by atoms with Crippen LogP contribution in [0.4, 0.5) is 5.82 Å². The fraction of sp³-hybridized carbons (Fsp3) is 0.524. The van der Waals surface area contributed by atoms with Crippen molar-refractivity contribution in [3.05, 3.63) is 35.2 Å². The Hall–Kier alpha value is -2.10. The van der Waals surface area contributed by atoms with Crippen LogP contribution in [-0.2, 0) is 19.3 Å². The van der Waals surface area contributed by atoms with Crippen molar-refractivity contribution < 1.29 is 4.74 Å². The molecule has 25 heavy (non-hydrogen) atoms. The van der Waals surface area contributed by atoms with Gasteiger partial charge in [0.25, 0.3) is 0 Å². The Labute approximate surface area is 150 Å². The molecule has 1 heterocycles. The Morgan fingerprint density at radius 2 is 1.96 bits per heavy atom. The van der Waals surface area contributed by atoms with Crippen LogP contribution < -0.4 is 10.1 Å². The van der Waals surface area contributed by atoms with Gasteiger partial charge in [-0.3, -0.25) is 0 Å². The van der Waals surface area contributed by atoms with Gasteiger partial charge in [-0.05, 0) is 48.9 Å². The van der Waals surface area contributed by atoms with E-state index in [2.05, 4.69) is 17.4 Å². The number of fused-ring (bicyclic) bond motifs is 3. The van der Waals surface area contributed by atoms with Crippen molar-refractivity contribution >= 4 is 5.82 Å². The summed E-state index contributed by atoms with van der Waals surface area (Å²) in [5.74, 6) is 2.65. The van der Waals surface area contributed by atoms with Gasteiger partial charge in [0.1, 0.15) is 11.6 Å². The summed E-state index contributed by atoms with van der Waals surface area (Å²) in [4.78, 5) is 10.0. The number of hydrogen-bond donors (Lipinski definition) is 1. The van der Waals surface area contributed by atoms with E-state index in [0.29, 0.717) is 0 Å². The minimum atomic E-state index is 0.757. The lowest BCUT2D eigenvalue weighted by Crippen LogP contribution is -2.16. The third kappa shape index (κ3) is 3.22. The van der Waals surface area contributed by atoms with Gasteiger partial charge in [0.2, 0.25) is 0 Å². The maximum atomic E-state index is 5.38. The summed E-state index contributed by atoms with van der Waals surface area (Å²) in [6.07, 6.45) is 9.76. The molecule has 2 aliphatic carbocycles. The second-order valence-electron chi connectivity index (χ2n) is 7.30. The van der Waals surface area contributed by atoms with E-state index in [1.165, 1.54) is 43.2 Å². The van der Waals surface area contributed by atoms with Gasteiger partial charge in [-0.2, -0.15) is 0 Å². The number of rotatable bonds is 4. The molecule has 1 saturated carbocycles. The molecule has 0 radical (unpaired) electrons. The zero-order valence-corrected chi connectivity index (χ0v) is 15.3. The van der Waals surface area contributed by atoms with Crippen LogP contribution in [0.15, 0.2) is 18.2 Å². The first-order chi connectivity index (χ1) is 12.3. The highest BCUT2D eigenvalue weighted by molar-refractivity contribution is 5.70. The fourth-order valence-corrected chi connectivity index (χ4v) is 4.29. The normalized spacial score (nSPS) is 16.9. The van der Waals surface area contributed by atoms with E-state index < -0.39 is 0 Å². The third-order valence-electron chi connectivity index (χ3n) is 5.68. The van der Waals surface area contributed by atoms with Crippen molar-refractivity contribution in [3.8, 4) is 17.0 Å². The molecule has 0 aliphatic heterocycles. The Morgan fingerprint density at radius 1 is 1.12 bits per heavy atom. The van der Waals surface area contributed by atoms with Gasteiger partial charge in [0.15, 0.2) is 0 Å². The van der Waals surface area contributed by atoms with Crippen molar-refractivity contribution in [2.24, 2.45) is 5.92 Å². The minimum absolute atomic E-state index is 0.757. The van der Waals surface area contributed by atoms with Crippen molar-refractivity contribution in [2.45, 2.75) is 51.4 Å². The third-order valence-corrected chi connectivity index (χ3v) is 5.68. The number of ether oxygens (including phenoxy) is 1. The van der Waals surface area contributed by atoms with Crippen LogP contribution in [0.5, 0.6) is 5.75 Å². The molecule has 0 spiro atoms. The number of hydrogen-bond acceptors (Lipinski definition) is 4. The molecule has 2 aromatic rings. The summed E-state index contributed by atoms with van der Waals surface area (Å²) in [6.45, 7) is 0.